The summed E-state index contributed by atoms with van der Waals surface area (Å²) in [4.78, 5) is 4.24. The molecule has 1 aromatic carbocycles. The molecule has 0 bridgehead atoms. The molecule has 1 aromatic rings. The van der Waals surface area contributed by atoms with Crippen LogP contribution in [-0.2, 0) is 0 Å². The minimum atomic E-state index is 0. The van der Waals surface area contributed by atoms with Crippen LogP contribution >= 0.6 is 11.8 Å². The second-order valence-electron chi connectivity index (χ2n) is 3.12. The summed E-state index contributed by atoms with van der Waals surface area (Å²) >= 11 is 1.61. The van der Waals surface area contributed by atoms with E-state index >= 15 is 0 Å². The van der Waals surface area contributed by atoms with E-state index in [-0.39, 0.29) is 18.9 Å². The van der Waals surface area contributed by atoms with Gasteiger partial charge in [-0.1, -0.05) is 24.3 Å². The Morgan fingerprint density at radius 1 is 0.941 bits per heavy atom. The SMILES string of the molecule is C1=NC(=c2ccc(=C3N=NN=N3)cc2)S[CH-]1.[Li+]. The quantitative estimate of drug-likeness (QED) is 0.404. The van der Waals surface area contributed by atoms with Crippen molar-refractivity contribution in [2.45, 2.75) is 0 Å². The molecule has 0 atom stereocenters. The van der Waals surface area contributed by atoms with Crippen LogP contribution in [0.1, 0.15) is 0 Å². The van der Waals surface area contributed by atoms with Crippen molar-refractivity contribution < 1.29 is 18.9 Å². The van der Waals surface area contributed by atoms with Crippen molar-refractivity contribution >= 4 is 28.8 Å². The first-order valence-corrected chi connectivity index (χ1v) is 5.50. The largest absolute Gasteiger partial charge is 1.00 e. The van der Waals surface area contributed by atoms with Crippen LogP contribution in [0, 0.1) is 5.75 Å². The molecule has 0 aromatic heterocycles. The number of nitrogens with zero attached hydrogens (tertiary/aromatic N) is 5. The second-order valence-corrected chi connectivity index (χ2v) is 4.01. The van der Waals surface area contributed by atoms with Gasteiger partial charge in [-0.2, -0.15) is 0 Å². The maximum atomic E-state index is 4.24. The summed E-state index contributed by atoms with van der Waals surface area (Å²) in [5.74, 6) is 2.50. The van der Waals surface area contributed by atoms with E-state index < -0.39 is 0 Å². The van der Waals surface area contributed by atoms with Crippen LogP contribution in [0.25, 0.3) is 10.9 Å². The molecule has 0 saturated heterocycles. The Morgan fingerprint density at radius 3 is 2.18 bits per heavy atom. The molecular formula is C10H6LiN5S. The van der Waals surface area contributed by atoms with Crippen LogP contribution in [-0.4, -0.2) is 6.21 Å². The fourth-order valence-corrected chi connectivity index (χ4v) is 2.03. The normalized spacial score (nSPS) is 16.2. The maximum Gasteiger partial charge on any atom is 1.00 e. The minimum Gasteiger partial charge on any atom is -0.290 e. The first-order valence-electron chi connectivity index (χ1n) is 4.62. The zero-order chi connectivity index (χ0) is 10.8. The second kappa shape index (κ2) is 5.32. The van der Waals surface area contributed by atoms with Gasteiger partial charge in [-0.25, -0.2) is 0 Å². The van der Waals surface area contributed by atoms with Gasteiger partial charge >= 0.3 is 18.9 Å². The maximum absolute atomic E-state index is 4.24. The molecule has 0 spiro atoms. The molecule has 7 heteroatoms. The Hall–Kier alpha value is -1.35. The Kier molecular flexibility index (Phi) is 3.79. The molecule has 0 fully saturated rings. The van der Waals surface area contributed by atoms with Gasteiger partial charge in [0.1, 0.15) is 0 Å². The summed E-state index contributed by atoms with van der Waals surface area (Å²) in [6.07, 6.45) is 1.79. The van der Waals surface area contributed by atoms with E-state index in [4.69, 9.17) is 0 Å². The first-order chi connectivity index (χ1) is 7.93. The van der Waals surface area contributed by atoms with E-state index in [1.165, 1.54) is 0 Å². The van der Waals surface area contributed by atoms with Crippen LogP contribution < -0.4 is 29.3 Å². The number of benzene rings is 1. The summed E-state index contributed by atoms with van der Waals surface area (Å²) in [7, 11) is 0. The smallest absolute Gasteiger partial charge is 0.290 e. The molecule has 17 heavy (non-hydrogen) atoms. The van der Waals surface area contributed by atoms with Gasteiger partial charge in [-0.3, -0.25) is 22.5 Å². The van der Waals surface area contributed by atoms with Crippen LogP contribution in [0.15, 0.2) is 49.9 Å². The van der Waals surface area contributed by atoms with Gasteiger partial charge in [0.25, 0.3) is 0 Å². The van der Waals surface area contributed by atoms with Gasteiger partial charge in [-0.15, -0.1) is 16.4 Å². The van der Waals surface area contributed by atoms with Crippen LogP contribution in [0.3, 0.4) is 0 Å². The number of thioether (sulfide) groups is 1. The Labute approximate surface area is 114 Å². The van der Waals surface area contributed by atoms with Crippen molar-refractivity contribution in [2.75, 3.05) is 0 Å². The van der Waals surface area contributed by atoms with Crippen molar-refractivity contribution in [3.8, 4) is 0 Å². The van der Waals surface area contributed by atoms with Crippen LogP contribution in [0.5, 0.6) is 0 Å². The van der Waals surface area contributed by atoms with Gasteiger partial charge < -0.3 is 0 Å². The zero-order valence-electron chi connectivity index (χ0n) is 9.11. The monoisotopic (exact) mass is 235 g/mol. The Balaban J connectivity index is 0.00000108. The van der Waals surface area contributed by atoms with Gasteiger partial charge in [0, 0.05) is 10.4 Å². The van der Waals surface area contributed by atoms with Crippen molar-refractivity contribution in [1.29, 1.82) is 0 Å². The molecule has 3 rings (SSSR count). The molecule has 0 saturated carbocycles. The molecule has 2 aliphatic rings. The van der Waals surface area contributed by atoms with Gasteiger partial charge in [-0.05, 0) is 10.4 Å². The standard InChI is InChI=1S/C10H6N5S.Li/c1-3-8(10-11-5-6-16-10)4-2-7(1)9-12-14-15-13-9;/h1-6H;/q-1;+1. The molecule has 0 unspecified atom stereocenters. The Bertz CT molecular complexity index is 597. The van der Waals surface area contributed by atoms with Crippen molar-refractivity contribution in [3.05, 3.63) is 40.5 Å². The first kappa shape index (κ1) is 12.1. The molecule has 0 aliphatic carbocycles. The van der Waals surface area contributed by atoms with Crippen LogP contribution in [0.4, 0.5) is 0 Å². The Morgan fingerprint density at radius 2 is 1.59 bits per heavy atom. The predicted molar refractivity (Wildman–Crippen MR) is 62.6 cm³/mol. The molecular weight excluding hydrogens is 229 g/mol. The van der Waals surface area contributed by atoms with Gasteiger partial charge in [0.05, 0.1) is 5.03 Å². The molecule has 2 heterocycles. The molecule has 0 amide bonds. The van der Waals surface area contributed by atoms with E-state index in [9.17, 15) is 0 Å². The summed E-state index contributed by atoms with van der Waals surface area (Å²) in [5.41, 5.74) is 0. The van der Waals surface area contributed by atoms with E-state index in [0.717, 1.165) is 15.5 Å². The minimum absolute atomic E-state index is 0. The van der Waals surface area contributed by atoms with Gasteiger partial charge in [0.15, 0.2) is 0 Å². The van der Waals surface area contributed by atoms with E-state index in [0.29, 0.717) is 5.82 Å². The average molecular weight is 235 g/mol. The number of aliphatic imine (C=N–C) groups is 1. The number of rotatable bonds is 0. The van der Waals surface area contributed by atoms with Gasteiger partial charge in [0.2, 0.25) is 5.82 Å². The summed E-state index contributed by atoms with van der Waals surface area (Å²) in [5, 5.41) is 17.5. The topological polar surface area (TPSA) is 61.8 Å². The number of hydrogen-bond acceptors (Lipinski definition) is 6. The fraction of sp³-hybridized carbons (Fsp3) is 0. The third-order valence-corrected chi connectivity index (χ3v) is 2.96. The summed E-state index contributed by atoms with van der Waals surface area (Å²) in [6.45, 7) is 0. The summed E-state index contributed by atoms with van der Waals surface area (Å²) < 4.78 is 0. The number of hydrogen-bond donors (Lipinski definition) is 0. The zero-order valence-corrected chi connectivity index (χ0v) is 9.92. The van der Waals surface area contributed by atoms with E-state index in [2.05, 4.69) is 25.7 Å². The third-order valence-electron chi connectivity index (χ3n) is 2.14. The predicted octanol–water partition coefficient (Wildman–Crippen LogP) is -1.37. The molecule has 2 aliphatic heterocycles. The van der Waals surface area contributed by atoms with Crippen molar-refractivity contribution in [3.63, 3.8) is 0 Å². The molecule has 5 nitrogen and oxygen atoms in total. The molecule has 0 radical (unpaired) electrons. The van der Waals surface area contributed by atoms with E-state index in [1.807, 2.05) is 30.0 Å². The molecule has 78 valence electrons. The van der Waals surface area contributed by atoms with Crippen LogP contribution in [0.2, 0.25) is 0 Å². The molecule has 0 N–H and O–H groups in total. The third kappa shape index (κ3) is 2.49. The fourth-order valence-electron chi connectivity index (χ4n) is 1.39. The van der Waals surface area contributed by atoms with Crippen molar-refractivity contribution in [1.82, 2.24) is 0 Å². The van der Waals surface area contributed by atoms with E-state index in [1.54, 1.807) is 18.0 Å². The summed E-state index contributed by atoms with van der Waals surface area (Å²) in [6, 6.07) is 7.86. The van der Waals surface area contributed by atoms with Crippen molar-refractivity contribution in [2.24, 2.45) is 25.7 Å². The average Bonchev–Trinajstić information content (AvgIpc) is 3.03.